The molecule has 26 heavy (non-hydrogen) atoms. The van der Waals surface area contributed by atoms with Crippen molar-refractivity contribution in [2.45, 2.75) is 18.8 Å². The van der Waals surface area contributed by atoms with Crippen LogP contribution < -0.4 is 5.32 Å². The van der Waals surface area contributed by atoms with Gasteiger partial charge in [-0.25, -0.2) is 9.50 Å². The number of halogens is 1. The van der Waals surface area contributed by atoms with E-state index in [0.29, 0.717) is 22.0 Å². The molecule has 0 unspecified atom stereocenters. The van der Waals surface area contributed by atoms with Crippen LogP contribution in [0.1, 0.15) is 24.5 Å². The van der Waals surface area contributed by atoms with Crippen LogP contribution >= 0.6 is 22.9 Å². The third-order valence-electron chi connectivity index (χ3n) is 4.88. The zero-order valence-electron chi connectivity index (χ0n) is 14.1. The van der Waals surface area contributed by atoms with Crippen LogP contribution in [-0.2, 0) is 7.05 Å². The number of hydrogen-bond acceptors (Lipinski definition) is 6. The van der Waals surface area contributed by atoms with E-state index >= 15 is 0 Å². The maximum atomic E-state index is 10.5. The summed E-state index contributed by atoms with van der Waals surface area (Å²) in [6.45, 7) is 2.07. The maximum absolute atomic E-state index is 10.5. The van der Waals surface area contributed by atoms with E-state index in [0.717, 1.165) is 42.0 Å². The summed E-state index contributed by atoms with van der Waals surface area (Å²) in [6.07, 6.45) is 6.09. The normalized spacial score (nSPS) is 16.1. The number of aryl methyl sites for hydroxylation is 1. The summed E-state index contributed by atoms with van der Waals surface area (Å²) in [5.74, 6) is 0.497. The van der Waals surface area contributed by atoms with Crippen molar-refractivity contribution in [2.75, 3.05) is 13.1 Å². The van der Waals surface area contributed by atoms with Gasteiger partial charge in [0.2, 0.25) is 4.96 Å². The molecule has 0 bridgehead atoms. The predicted molar refractivity (Wildman–Crippen MR) is 102 cm³/mol. The van der Waals surface area contributed by atoms with Crippen molar-refractivity contribution in [3.63, 3.8) is 0 Å². The van der Waals surface area contributed by atoms with Crippen LogP contribution in [0, 0.1) is 0 Å². The van der Waals surface area contributed by atoms with Gasteiger partial charge in [-0.3, -0.25) is 4.68 Å². The molecule has 0 atom stereocenters. The number of hydrogen-bond donors (Lipinski definition) is 2. The molecule has 1 aliphatic heterocycles. The molecule has 7 nitrogen and oxygen atoms in total. The van der Waals surface area contributed by atoms with Gasteiger partial charge in [-0.15, -0.1) is 0 Å². The van der Waals surface area contributed by atoms with Crippen molar-refractivity contribution in [1.82, 2.24) is 29.7 Å². The Morgan fingerprint density at radius 2 is 2.08 bits per heavy atom. The Bertz CT molecular complexity index is 1090. The number of benzene rings is 1. The van der Waals surface area contributed by atoms with Crippen LogP contribution in [-0.4, -0.2) is 42.6 Å². The van der Waals surface area contributed by atoms with Gasteiger partial charge in [0.05, 0.1) is 17.5 Å². The molecule has 5 rings (SSSR count). The van der Waals surface area contributed by atoms with E-state index in [1.54, 1.807) is 9.20 Å². The van der Waals surface area contributed by atoms with Crippen molar-refractivity contribution in [1.29, 1.82) is 0 Å². The summed E-state index contributed by atoms with van der Waals surface area (Å²) in [5, 5.41) is 24.6. The SMILES string of the molecule is Cn1cc2cc(-c3nn4cc(C5CCNCC5)nc4s3)c(O)c(Cl)c2n1. The maximum Gasteiger partial charge on any atom is 0.212 e. The van der Waals surface area contributed by atoms with Crippen molar-refractivity contribution in [3.05, 3.63) is 29.2 Å². The monoisotopic (exact) mass is 388 g/mol. The molecular weight excluding hydrogens is 372 g/mol. The number of phenolic OH excluding ortho intramolecular Hbond substituents is 1. The summed E-state index contributed by atoms with van der Waals surface area (Å²) in [7, 11) is 1.83. The van der Waals surface area contributed by atoms with Crippen LogP contribution in [0.15, 0.2) is 18.5 Å². The van der Waals surface area contributed by atoms with Crippen LogP contribution in [0.25, 0.3) is 26.4 Å². The lowest BCUT2D eigenvalue weighted by Crippen LogP contribution is -2.26. The molecule has 1 fully saturated rings. The van der Waals surface area contributed by atoms with Gasteiger partial charge in [0.25, 0.3) is 0 Å². The van der Waals surface area contributed by atoms with Gasteiger partial charge >= 0.3 is 0 Å². The summed E-state index contributed by atoms with van der Waals surface area (Å²) in [4.78, 5) is 5.59. The summed E-state index contributed by atoms with van der Waals surface area (Å²) < 4.78 is 3.48. The molecule has 4 aromatic rings. The van der Waals surface area contributed by atoms with Crippen molar-refractivity contribution < 1.29 is 5.11 Å². The number of imidazole rings is 1. The van der Waals surface area contributed by atoms with Gasteiger partial charge in [0.15, 0.2) is 5.01 Å². The average molecular weight is 389 g/mol. The molecular formula is C17H17ClN6OS. The molecule has 134 valence electrons. The molecule has 4 heterocycles. The third kappa shape index (κ3) is 2.48. The molecule has 9 heteroatoms. The number of nitrogens with one attached hydrogen (secondary N) is 1. The number of piperidine rings is 1. The minimum Gasteiger partial charge on any atom is -0.506 e. The number of nitrogens with zero attached hydrogens (tertiary/aromatic N) is 5. The second kappa shape index (κ2) is 5.94. The number of aromatic hydroxyl groups is 1. The van der Waals surface area contributed by atoms with Crippen LogP contribution in [0.5, 0.6) is 5.75 Å². The fourth-order valence-electron chi connectivity index (χ4n) is 3.54. The molecule has 1 aromatic carbocycles. The Labute approximate surface area is 158 Å². The number of phenols is 1. The van der Waals surface area contributed by atoms with Crippen molar-refractivity contribution in [3.8, 4) is 16.3 Å². The van der Waals surface area contributed by atoms with E-state index in [9.17, 15) is 5.11 Å². The summed E-state index contributed by atoms with van der Waals surface area (Å²) >= 11 is 7.77. The van der Waals surface area contributed by atoms with Gasteiger partial charge in [-0.05, 0) is 32.0 Å². The first kappa shape index (κ1) is 16.0. The highest BCUT2D eigenvalue weighted by molar-refractivity contribution is 7.19. The first-order valence-corrected chi connectivity index (χ1v) is 9.71. The molecule has 0 radical (unpaired) electrons. The topological polar surface area (TPSA) is 80.3 Å². The van der Waals surface area contributed by atoms with E-state index in [1.165, 1.54) is 11.3 Å². The van der Waals surface area contributed by atoms with Crippen molar-refractivity contribution >= 4 is 38.8 Å². The van der Waals surface area contributed by atoms with E-state index < -0.39 is 0 Å². The lowest BCUT2D eigenvalue weighted by molar-refractivity contribution is 0.454. The lowest BCUT2D eigenvalue weighted by Gasteiger charge is -2.20. The second-order valence-corrected chi connectivity index (χ2v) is 7.99. The molecule has 0 amide bonds. The Kier molecular flexibility index (Phi) is 3.66. The largest absolute Gasteiger partial charge is 0.506 e. The fourth-order valence-corrected chi connectivity index (χ4v) is 4.69. The summed E-state index contributed by atoms with van der Waals surface area (Å²) in [6, 6.07) is 1.87. The minimum atomic E-state index is 0.00782. The first-order chi connectivity index (χ1) is 12.6. The van der Waals surface area contributed by atoms with Crippen LogP contribution in [0.3, 0.4) is 0 Å². The van der Waals surface area contributed by atoms with Crippen molar-refractivity contribution in [2.24, 2.45) is 7.05 Å². The van der Waals surface area contributed by atoms with Crippen LogP contribution in [0.4, 0.5) is 0 Å². The lowest BCUT2D eigenvalue weighted by atomic mass is 9.95. The Morgan fingerprint density at radius 3 is 2.85 bits per heavy atom. The van der Waals surface area contributed by atoms with Gasteiger partial charge < -0.3 is 10.4 Å². The molecule has 0 spiro atoms. The number of rotatable bonds is 2. The zero-order valence-corrected chi connectivity index (χ0v) is 15.7. The second-order valence-electron chi connectivity index (χ2n) is 6.65. The number of aromatic nitrogens is 5. The molecule has 1 aliphatic rings. The minimum absolute atomic E-state index is 0.00782. The molecule has 1 saturated heterocycles. The predicted octanol–water partition coefficient (Wildman–Crippen LogP) is 3.17. The molecule has 3 aromatic heterocycles. The fraction of sp³-hybridized carbons (Fsp3) is 0.353. The first-order valence-electron chi connectivity index (χ1n) is 8.52. The zero-order chi connectivity index (χ0) is 17.8. The Hall–Kier alpha value is -2.16. The highest BCUT2D eigenvalue weighted by atomic mass is 35.5. The Balaban J connectivity index is 1.57. The van der Waals surface area contributed by atoms with Gasteiger partial charge in [0.1, 0.15) is 16.3 Å². The number of fused-ring (bicyclic) bond motifs is 2. The van der Waals surface area contributed by atoms with Gasteiger partial charge in [-0.1, -0.05) is 22.9 Å². The molecule has 2 N–H and O–H groups in total. The quantitative estimate of drug-likeness (QED) is 0.551. The van der Waals surface area contributed by atoms with Gasteiger partial charge in [-0.2, -0.15) is 10.2 Å². The Morgan fingerprint density at radius 1 is 1.27 bits per heavy atom. The van der Waals surface area contributed by atoms with E-state index in [4.69, 9.17) is 16.6 Å². The van der Waals surface area contributed by atoms with E-state index in [2.05, 4.69) is 15.5 Å². The smallest absolute Gasteiger partial charge is 0.212 e. The van der Waals surface area contributed by atoms with E-state index in [-0.39, 0.29) is 10.8 Å². The van der Waals surface area contributed by atoms with E-state index in [1.807, 2.05) is 25.5 Å². The third-order valence-corrected chi connectivity index (χ3v) is 6.19. The summed E-state index contributed by atoms with van der Waals surface area (Å²) in [5.41, 5.74) is 2.29. The highest BCUT2D eigenvalue weighted by Crippen LogP contribution is 2.41. The average Bonchev–Trinajstić information content (AvgIpc) is 3.31. The molecule has 0 aliphatic carbocycles. The highest BCUT2D eigenvalue weighted by Gasteiger charge is 2.22. The standard InChI is InChI=1S/C17H17ClN6OS/c1-23-7-10-6-11(15(25)13(18)14(10)21-23)16-22-24-8-12(20-17(24)26-16)9-2-4-19-5-3-9/h6-9,19,25H,2-5H2,1H3. The van der Waals surface area contributed by atoms with Gasteiger partial charge in [0, 0.05) is 24.5 Å². The van der Waals surface area contributed by atoms with Crippen LogP contribution in [0.2, 0.25) is 5.02 Å². The molecule has 0 saturated carbocycles.